The first kappa shape index (κ1) is 28.0. The summed E-state index contributed by atoms with van der Waals surface area (Å²) in [6.07, 6.45) is 3.08. The number of fused-ring (bicyclic) bond motifs is 3. The van der Waals surface area contributed by atoms with Gasteiger partial charge in [-0.15, -0.1) is 10.2 Å². The molecule has 3 aromatic rings. The maximum atomic E-state index is 13.6. The average molecular weight is 568 g/mol. The number of hydrogen-bond donors (Lipinski definition) is 1. The number of hydrogen-bond acceptors (Lipinski definition) is 11. The van der Waals surface area contributed by atoms with Crippen LogP contribution in [0.25, 0.3) is 11.4 Å². The Bertz CT molecular complexity index is 1350. The van der Waals surface area contributed by atoms with E-state index in [1.165, 1.54) is 19.3 Å². The van der Waals surface area contributed by atoms with Crippen LogP contribution in [-0.2, 0) is 19.5 Å². The lowest BCUT2D eigenvalue weighted by molar-refractivity contribution is 0.00154. The zero-order valence-electron chi connectivity index (χ0n) is 21.7. The number of aromatic nitrogens is 6. The number of methoxy groups -OCH3 is 1. The molecule has 3 atom stereocenters. The highest BCUT2D eigenvalue weighted by molar-refractivity contribution is 7.93. The van der Waals surface area contributed by atoms with Gasteiger partial charge in [0.2, 0.25) is 16.0 Å². The van der Waals surface area contributed by atoms with Gasteiger partial charge in [0.25, 0.3) is 5.88 Å². The van der Waals surface area contributed by atoms with Gasteiger partial charge in [-0.1, -0.05) is 11.6 Å². The van der Waals surface area contributed by atoms with Gasteiger partial charge >= 0.3 is 0 Å². The summed E-state index contributed by atoms with van der Waals surface area (Å²) >= 11 is 5.92. The van der Waals surface area contributed by atoms with E-state index in [1.807, 2.05) is 6.92 Å². The van der Waals surface area contributed by atoms with Crippen molar-refractivity contribution in [2.24, 2.45) is 0 Å². The molecule has 0 amide bonds. The smallest absolute Gasteiger partial charge is 0.257 e. The lowest BCUT2D eigenvalue weighted by Crippen LogP contribution is -2.35. The van der Waals surface area contributed by atoms with Crippen LogP contribution in [0.15, 0.2) is 24.7 Å². The van der Waals surface area contributed by atoms with Gasteiger partial charge in [-0.3, -0.25) is 9.29 Å². The van der Waals surface area contributed by atoms with Crippen molar-refractivity contribution < 1.29 is 27.4 Å². The van der Waals surface area contributed by atoms with E-state index in [0.717, 1.165) is 0 Å². The van der Waals surface area contributed by atoms with Crippen LogP contribution in [-0.4, -0.2) is 76.4 Å². The first-order valence-electron chi connectivity index (χ1n) is 12.0. The quantitative estimate of drug-likeness (QED) is 0.363. The Hall–Kier alpha value is -3.07. The third-order valence-electron chi connectivity index (χ3n) is 5.70. The fourth-order valence-electron chi connectivity index (χ4n) is 3.97. The molecule has 4 heterocycles. The number of anilines is 1. The van der Waals surface area contributed by atoms with Crippen LogP contribution < -0.4 is 14.2 Å². The number of halogens is 1. The first-order valence-corrected chi connectivity index (χ1v) is 13.9. The predicted octanol–water partition coefficient (Wildman–Crippen LogP) is 3.06. The highest BCUT2D eigenvalue weighted by atomic mass is 35.5. The topological polar surface area (TPSA) is 152 Å². The van der Waals surface area contributed by atoms with Crippen molar-refractivity contribution in [1.82, 2.24) is 29.7 Å². The second kappa shape index (κ2) is 11.8. The molecule has 0 spiro atoms. The molecule has 0 radical (unpaired) electrons. The lowest BCUT2D eigenvalue weighted by atomic mass is 10.2. The zero-order chi connectivity index (χ0) is 27.4. The fraction of sp³-hybridized carbons (Fsp3) is 0.522. The summed E-state index contributed by atoms with van der Waals surface area (Å²) in [7, 11) is -2.55. The molecule has 0 bridgehead atoms. The molecule has 1 aliphatic heterocycles. The van der Waals surface area contributed by atoms with Crippen LogP contribution in [0.2, 0.25) is 5.02 Å². The van der Waals surface area contributed by atoms with Crippen LogP contribution >= 0.6 is 11.6 Å². The third kappa shape index (κ3) is 5.82. The molecule has 1 aliphatic rings. The van der Waals surface area contributed by atoms with Gasteiger partial charge in [-0.2, -0.15) is 0 Å². The molecular weight excluding hydrogens is 538 g/mol. The molecule has 15 heteroatoms. The molecule has 3 aromatic heterocycles. The Labute approximate surface area is 225 Å². The van der Waals surface area contributed by atoms with Crippen molar-refractivity contribution in [2.45, 2.75) is 51.2 Å². The van der Waals surface area contributed by atoms with Crippen LogP contribution in [0.3, 0.4) is 0 Å². The van der Waals surface area contributed by atoms with Gasteiger partial charge in [0.1, 0.15) is 18.0 Å². The van der Waals surface area contributed by atoms with Crippen LogP contribution in [0.4, 0.5) is 5.95 Å². The zero-order valence-corrected chi connectivity index (χ0v) is 23.2. The Morgan fingerprint density at radius 3 is 2.61 bits per heavy atom. The fourth-order valence-corrected chi connectivity index (χ4v) is 5.16. The monoisotopic (exact) mass is 567 g/mol. The van der Waals surface area contributed by atoms with E-state index in [0.29, 0.717) is 34.6 Å². The first-order chi connectivity index (χ1) is 18.2. The Kier molecular flexibility index (Phi) is 8.65. The molecule has 0 saturated heterocycles. The molecule has 0 saturated carbocycles. The van der Waals surface area contributed by atoms with Gasteiger partial charge in [-0.25, -0.2) is 23.4 Å². The van der Waals surface area contributed by atoms with E-state index >= 15 is 0 Å². The minimum Gasteiger partial charge on any atom is -0.485 e. The summed E-state index contributed by atoms with van der Waals surface area (Å²) in [5.41, 5.74) is 0.559. The second-order valence-electron chi connectivity index (χ2n) is 8.78. The van der Waals surface area contributed by atoms with Crippen molar-refractivity contribution in [3.05, 3.63) is 35.5 Å². The number of pyridine rings is 1. The summed E-state index contributed by atoms with van der Waals surface area (Å²) < 4.78 is 54.5. The van der Waals surface area contributed by atoms with Gasteiger partial charge in [0.05, 0.1) is 35.9 Å². The van der Waals surface area contributed by atoms with Crippen molar-refractivity contribution in [3.8, 4) is 23.0 Å². The van der Waals surface area contributed by atoms with Crippen LogP contribution in [0.1, 0.15) is 45.7 Å². The third-order valence-corrected chi connectivity index (χ3v) is 7.59. The van der Waals surface area contributed by atoms with E-state index in [2.05, 4.69) is 29.9 Å². The summed E-state index contributed by atoms with van der Waals surface area (Å²) in [4.78, 5) is 12.6. The Morgan fingerprint density at radius 2 is 1.95 bits per heavy atom. The van der Waals surface area contributed by atoms with Crippen molar-refractivity contribution in [2.75, 3.05) is 31.7 Å². The van der Waals surface area contributed by atoms with E-state index in [4.69, 9.17) is 30.5 Å². The van der Waals surface area contributed by atoms with Crippen molar-refractivity contribution in [3.63, 3.8) is 0 Å². The molecule has 13 nitrogen and oxygen atoms in total. The van der Waals surface area contributed by atoms with Crippen molar-refractivity contribution in [1.29, 1.82) is 0 Å². The largest absolute Gasteiger partial charge is 0.485 e. The molecule has 4 rings (SSSR count). The average Bonchev–Trinajstić information content (AvgIpc) is 3.20. The lowest BCUT2D eigenvalue weighted by Gasteiger charge is -2.26. The molecule has 0 unspecified atom stereocenters. The van der Waals surface area contributed by atoms with Gasteiger partial charge in [0, 0.05) is 25.7 Å². The molecule has 1 N–H and O–H groups in total. The van der Waals surface area contributed by atoms with E-state index in [-0.39, 0.29) is 31.1 Å². The summed E-state index contributed by atoms with van der Waals surface area (Å²) in [6, 6.07) is 1.25. The number of rotatable bonds is 11. The van der Waals surface area contributed by atoms with E-state index in [9.17, 15) is 8.42 Å². The van der Waals surface area contributed by atoms with Crippen LogP contribution in [0, 0.1) is 0 Å². The van der Waals surface area contributed by atoms with Gasteiger partial charge < -0.3 is 18.9 Å². The maximum absolute atomic E-state index is 13.6. The minimum atomic E-state index is -4.09. The molecule has 0 fully saturated rings. The second-order valence-corrected chi connectivity index (χ2v) is 11.3. The number of nitrogens with zero attached hydrogens (tertiary/aromatic N) is 6. The maximum Gasteiger partial charge on any atom is 0.257 e. The standard InChI is InChI=1S/C23H30ClN7O6S/c1-6-35-22-19-17(7-8-25-22)21-28-29-23(31(21)16(11-34-5)12-36-19)30-38(32,33)14(4)18(37-13(2)3)20-26-9-15(24)10-27-20/h7-10,13-14,16,18H,6,11-12H2,1-5H3,(H,29,30)/t14-,16-,18+/m0/s1. The SMILES string of the molecule is CCOc1nccc2c1OC[C@H](COC)n1c(NS(=O)(=O)[C@@H](C)[C@@H](OC(C)C)c3ncc(Cl)cn3)nnc1-2. The predicted molar refractivity (Wildman–Crippen MR) is 139 cm³/mol. The molecule has 38 heavy (non-hydrogen) atoms. The Balaban J connectivity index is 1.72. The van der Waals surface area contributed by atoms with E-state index < -0.39 is 27.4 Å². The summed E-state index contributed by atoms with van der Waals surface area (Å²) in [6.45, 7) is 7.68. The minimum absolute atomic E-state index is 0.000411. The highest BCUT2D eigenvalue weighted by Gasteiger charge is 2.37. The number of sulfonamides is 1. The van der Waals surface area contributed by atoms with Gasteiger partial charge in [0.15, 0.2) is 17.4 Å². The number of nitrogens with one attached hydrogen (secondary N) is 1. The Morgan fingerprint density at radius 1 is 1.21 bits per heavy atom. The molecule has 0 aromatic carbocycles. The molecular formula is C23H30ClN7O6S. The summed E-state index contributed by atoms with van der Waals surface area (Å²) in [5, 5.41) is 7.69. The van der Waals surface area contributed by atoms with Crippen LogP contribution in [0.5, 0.6) is 11.6 Å². The van der Waals surface area contributed by atoms with E-state index in [1.54, 1.807) is 37.8 Å². The normalized spacial score (nSPS) is 16.7. The van der Waals surface area contributed by atoms with Gasteiger partial charge in [-0.05, 0) is 33.8 Å². The molecule has 206 valence electrons. The highest BCUT2D eigenvalue weighted by Crippen LogP contribution is 2.41. The number of ether oxygens (including phenoxy) is 4. The summed E-state index contributed by atoms with van der Waals surface area (Å²) in [5.74, 6) is 1.28. The molecule has 0 aliphatic carbocycles. The van der Waals surface area contributed by atoms with Crippen molar-refractivity contribution >= 4 is 27.6 Å².